The largest absolute Gasteiger partial charge is 0.508 e. The van der Waals surface area contributed by atoms with E-state index in [9.17, 15) is 64.8 Å². The number of benzene rings is 3. The lowest BCUT2D eigenvalue weighted by Gasteiger charge is -2.41. The SMILES string of the molecule is COc1cc(-c2[o+]c3cc(O)cc(O[C@@H]4O[C@H](COC(=O)CC(=O)O)[C@@H](OC(=O)CC(=O)O)[C@H](O)[C@H]4O)c3cc2O[C@@H]2O[C@H](COC(=O)C=Cc3ccc(O)cc3)[C@@H](O)[C@H](O)[C@H]2O)cc(OC)c1O. The number of carboxylic acids is 2. The molecule has 2 aliphatic heterocycles. The van der Waals surface area contributed by atoms with Crippen molar-refractivity contribution in [3.63, 3.8) is 0 Å². The number of fused-ring (bicyclic) bond motifs is 1. The Morgan fingerprint density at radius 1 is 0.638 bits per heavy atom. The van der Waals surface area contributed by atoms with E-state index >= 15 is 0 Å². The molecule has 69 heavy (non-hydrogen) atoms. The van der Waals surface area contributed by atoms with Crippen LogP contribution in [0.5, 0.6) is 40.2 Å². The molecule has 0 radical (unpaired) electrons. The third-order valence-electron chi connectivity index (χ3n) is 10.3. The zero-order valence-electron chi connectivity index (χ0n) is 36.0. The molecule has 6 rings (SSSR count). The fraction of sp³-hybridized carbons (Fsp3) is 0.364. The van der Waals surface area contributed by atoms with Crippen LogP contribution >= 0.6 is 0 Å². The fourth-order valence-electron chi connectivity index (χ4n) is 6.89. The quantitative estimate of drug-likeness (QED) is 0.0209. The topological polar surface area (TPSA) is 382 Å². The third-order valence-corrected chi connectivity index (χ3v) is 10.3. The second kappa shape index (κ2) is 22.1. The van der Waals surface area contributed by atoms with Gasteiger partial charge < -0.3 is 93.7 Å². The molecule has 25 nitrogen and oxygen atoms in total. The van der Waals surface area contributed by atoms with Crippen molar-refractivity contribution in [1.29, 1.82) is 0 Å². The molecule has 2 aliphatic rings. The summed E-state index contributed by atoms with van der Waals surface area (Å²) in [6.07, 6.45) is -19.2. The number of methoxy groups -OCH3 is 2. The first kappa shape index (κ1) is 50.9. The zero-order valence-corrected chi connectivity index (χ0v) is 36.0. The molecule has 4 aromatic rings. The number of aliphatic hydroxyl groups is 5. The van der Waals surface area contributed by atoms with E-state index in [2.05, 4.69) is 0 Å². The number of carbonyl (C=O) groups excluding carboxylic acids is 3. The molecular formula is C44H45O25+. The van der Waals surface area contributed by atoms with Crippen LogP contribution in [0, 0.1) is 0 Å². The van der Waals surface area contributed by atoms with Gasteiger partial charge in [0.25, 0.3) is 0 Å². The van der Waals surface area contributed by atoms with Crippen LogP contribution in [0.25, 0.3) is 28.4 Å². The van der Waals surface area contributed by atoms with Crippen molar-refractivity contribution in [2.45, 2.75) is 74.3 Å². The van der Waals surface area contributed by atoms with Crippen molar-refractivity contribution in [1.82, 2.24) is 0 Å². The number of rotatable bonds is 18. The third kappa shape index (κ3) is 12.3. The van der Waals surface area contributed by atoms with Gasteiger partial charge in [-0.05, 0) is 23.8 Å². The van der Waals surface area contributed by atoms with Gasteiger partial charge in [-0.1, -0.05) is 12.1 Å². The van der Waals surface area contributed by atoms with Gasteiger partial charge in [0, 0.05) is 30.3 Å². The van der Waals surface area contributed by atoms with Crippen molar-refractivity contribution in [2.75, 3.05) is 27.4 Å². The minimum Gasteiger partial charge on any atom is -0.508 e. The van der Waals surface area contributed by atoms with Crippen LogP contribution in [0.1, 0.15) is 18.4 Å². The van der Waals surface area contributed by atoms with Gasteiger partial charge >= 0.3 is 41.2 Å². The number of hydrogen-bond acceptors (Lipinski definition) is 22. The lowest BCUT2D eigenvalue weighted by Crippen LogP contribution is -2.61. The minimum atomic E-state index is -2.16. The number of carbonyl (C=O) groups is 5. The Morgan fingerprint density at radius 3 is 1.84 bits per heavy atom. The van der Waals surface area contributed by atoms with Crippen LogP contribution < -0.4 is 18.9 Å². The van der Waals surface area contributed by atoms with Crippen molar-refractivity contribution >= 4 is 46.9 Å². The highest BCUT2D eigenvalue weighted by Crippen LogP contribution is 2.46. The Labute approximate surface area is 387 Å². The number of ether oxygens (including phenoxy) is 9. The molecule has 0 unspecified atom stereocenters. The van der Waals surface area contributed by atoms with E-state index in [1.54, 1.807) is 0 Å². The maximum atomic E-state index is 12.6. The maximum Gasteiger partial charge on any atom is 0.402 e. The second-order valence-corrected chi connectivity index (χ2v) is 15.1. The molecule has 10 N–H and O–H groups in total. The van der Waals surface area contributed by atoms with Crippen LogP contribution in [0.3, 0.4) is 0 Å². The van der Waals surface area contributed by atoms with Gasteiger partial charge in [-0.25, -0.2) is 9.21 Å². The number of aliphatic hydroxyl groups excluding tert-OH is 5. The van der Waals surface area contributed by atoms with Gasteiger partial charge in [0.05, 0.1) is 25.8 Å². The Kier molecular flexibility index (Phi) is 16.3. The van der Waals surface area contributed by atoms with Crippen LogP contribution in [-0.4, -0.2) is 170 Å². The molecule has 10 atom stereocenters. The summed E-state index contributed by atoms with van der Waals surface area (Å²) in [5.74, 6) is -9.14. The van der Waals surface area contributed by atoms with Gasteiger partial charge in [0.15, 0.2) is 17.6 Å². The molecular weight excluding hydrogens is 928 g/mol. The summed E-state index contributed by atoms with van der Waals surface area (Å²) >= 11 is 0. The number of carboxylic acid groups (broad SMARTS) is 2. The minimum absolute atomic E-state index is 0.00228. The fourth-order valence-corrected chi connectivity index (χ4v) is 6.89. The second-order valence-electron chi connectivity index (χ2n) is 15.1. The van der Waals surface area contributed by atoms with Crippen molar-refractivity contribution in [3.05, 3.63) is 66.2 Å². The molecule has 3 heterocycles. The molecule has 1 aromatic heterocycles. The van der Waals surface area contributed by atoms with Gasteiger partial charge in [0.2, 0.25) is 24.1 Å². The van der Waals surface area contributed by atoms with Gasteiger partial charge in [-0.15, -0.1) is 0 Å². The molecule has 370 valence electrons. The van der Waals surface area contributed by atoms with E-state index in [0.29, 0.717) is 5.56 Å². The van der Waals surface area contributed by atoms with E-state index < -0.39 is 135 Å². The highest BCUT2D eigenvalue weighted by molar-refractivity contribution is 5.91. The van der Waals surface area contributed by atoms with Crippen molar-refractivity contribution in [3.8, 4) is 51.6 Å². The molecule has 0 amide bonds. The molecule has 0 spiro atoms. The predicted molar refractivity (Wildman–Crippen MR) is 225 cm³/mol. The van der Waals surface area contributed by atoms with Gasteiger partial charge in [-0.2, -0.15) is 0 Å². The monoisotopic (exact) mass is 973 g/mol. The predicted octanol–water partition coefficient (Wildman–Crippen LogP) is 0.188. The number of aliphatic carboxylic acids is 2. The smallest absolute Gasteiger partial charge is 0.402 e. The average molecular weight is 974 g/mol. The Morgan fingerprint density at radius 2 is 1.22 bits per heavy atom. The van der Waals surface area contributed by atoms with E-state index in [1.807, 2.05) is 0 Å². The number of phenols is 3. The molecule has 2 fully saturated rings. The molecule has 0 saturated carbocycles. The summed E-state index contributed by atoms with van der Waals surface area (Å²) in [5, 5.41) is 104. The van der Waals surface area contributed by atoms with E-state index in [4.69, 9.17) is 57.3 Å². The first-order valence-corrected chi connectivity index (χ1v) is 20.3. The first-order valence-electron chi connectivity index (χ1n) is 20.3. The van der Waals surface area contributed by atoms with Crippen molar-refractivity contribution < 1.29 is 122 Å². The molecule has 0 bridgehead atoms. The lowest BCUT2D eigenvalue weighted by atomic mass is 9.98. The molecule has 2 saturated heterocycles. The summed E-state index contributed by atoms with van der Waals surface area (Å²) in [6, 6.07) is 11.6. The normalized spacial score (nSPS) is 24.5. The molecule has 25 heteroatoms. The Balaban J connectivity index is 1.36. The van der Waals surface area contributed by atoms with Crippen LogP contribution in [0.15, 0.2) is 65.1 Å². The number of phenolic OH excluding ortho intramolecular Hbond substituents is 3. The number of esters is 3. The van der Waals surface area contributed by atoms with Crippen LogP contribution in [0.4, 0.5) is 0 Å². The summed E-state index contributed by atoms with van der Waals surface area (Å²) in [6.45, 7) is -1.62. The van der Waals surface area contributed by atoms with E-state index in [0.717, 1.165) is 18.2 Å². The Hall–Kier alpha value is -7.52. The molecule has 0 aliphatic carbocycles. The van der Waals surface area contributed by atoms with E-state index in [1.165, 1.54) is 62.8 Å². The van der Waals surface area contributed by atoms with Gasteiger partial charge in [0.1, 0.15) is 91.4 Å². The zero-order chi connectivity index (χ0) is 50.3. The number of hydrogen-bond donors (Lipinski definition) is 10. The summed E-state index contributed by atoms with van der Waals surface area (Å²) in [5.41, 5.74) is 0.343. The van der Waals surface area contributed by atoms with Gasteiger partial charge in [-0.3, -0.25) is 19.2 Å². The summed E-state index contributed by atoms with van der Waals surface area (Å²) in [4.78, 5) is 59.3. The van der Waals surface area contributed by atoms with Crippen molar-refractivity contribution in [2.24, 2.45) is 0 Å². The standard InChI is InChI=1S/C44H44O25/c1-60-25-9-19(10-26(61-2)35(25)54)41-27(66-43-39(58)37(56)36(55)28(67-43)16-62-32(51)8-5-18-3-6-20(45)7-4-18)13-22-23(64-41)11-21(46)12-24(22)65-44-40(59)38(57)42(69-34(53)15-31(49)50)29(68-44)17-63-33(52)14-30(47)48/h3-13,28-29,36-40,42-44,55-59H,14-17H2,1-2H3,(H4-,45,46,47,48,49,50,51,54)/p+1/t28-,29-,36-,37+,38-,39-,40-,42-,43-,44-/m1/s1. The maximum absolute atomic E-state index is 12.6. The average Bonchev–Trinajstić information content (AvgIpc) is 3.30. The first-order chi connectivity index (χ1) is 32.8. The van der Waals surface area contributed by atoms with Crippen LogP contribution in [0.2, 0.25) is 0 Å². The Bertz CT molecular complexity index is 2540. The summed E-state index contributed by atoms with van der Waals surface area (Å²) in [7, 11) is 2.46. The van der Waals surface area contributed by atoms with E-state index in [-0.39, 0.29) is 45.3 Å². The lowest BCUT2D eigenvalue weighted by molar-refractivity contribution is -0.282. The highest BCUT2D eigenvalue weighted by atomic mass is 16.7. The summed E-state index contributed by atoms with van der Waals surface area (Å²) < 4.78 is 55.7. The number of aromatic hydroxyl groups is 3. The molecule has 3 aromatic carbocycles. The highest BCUT2D eigenvalue weighted by Gasteiger charge is 2.50. The van der Waals surface area contributed by atoms with Crippen LogP contribution in [-0.2, 0) is 47.7 Å².